The lowest BCUT2D eigenvalue weighted by Gasteiger charge is -2.11. The van der Waals surface area contributed by atoms with Crippen molar-refractivity contribution in [2.75, 3.05) is 11.9 Å². The van der Waals surface area contributed by atoms with Crippen molar-refractivity contribution in [2.24, 2.45) is 0 Å². The van der Waals surface area contributed by atoms with Crippen LogP contribution in [-0.2, 0) is 11.2 Å². The second-order valence-electron chi connectivity index (χ2n) is 3.73. The quantitative estimate of drug-likeness (QED) is 0.749. The minimum Gasteiger partial charge on any atom is -0.478 e. The van der Waals surface area contributed by atoms with Gasteiger partial charge in [-0.3, -0.25) is 4.79 Å². The van der Waals surface area contributed by atoms with E-state index in [-0.39, 0.29) is 11.5 Å². The van der Waals surface area contributed by atoms with Crippen LogP contribution < -0.4 is 4.90 Å². The van der Waals surface area contributed by atoms with Gasteiger partial charge < -0.3 is 10.0 Å². The summed E-state index contributed by atoms with van der Waals surface area (Å²) in [5.41, 5.74) is 2.58. The molecular formula is C11H11NO3. The van der Waals surface area contributed by atoms with Gasteiger partial charge in [0.1, 0.15) is 0 Å². The van der Waals surface area contributed by atoms with Gasteiger partial charge >= 0.3 is 5.97 Å². The van der Waals surface area contributed by atoms with E-state index >= 15 is 0 Å². The molecule has 0 saturated carbocycles. The van der Waals surface area contributed by atoms with Crippen molar-refractivity contribution in [1.82, 2.24) is 0 Å². The van der Waals surface area contributed by atoms with E-state index in [0.29, 0.717) is 12.0 Å². The number of carboxylic acids is 1. The average Bonchev–Trinajstić information content (AvgIpc) is 2.43. The van der Waals surface area contributed by atoms with E-state index in [9.17, 15) is 9.59 Å². The number of likely N-dealkylation sites (N-methyl/N-ethyl adjacent to an activating group) is 1. The van der Waals surface area contributed by atoms with Crippen molar-refractivity contribution in [3.05, 3.63) is 28.8 Å². The summed E-state index contributed by atoms with van der Waals surface area (Å²) in [5.74, 6) is -0.941. The van der Waals surface area contributed by atoms with Crippen molar-refractivity contribution in [1.29, 1.82) is 0 Å². The highest BCUT2D eigenvalue weighted by Crippen LogP contribution is 2.30. The number of fused-ring (bicyclic) bond motifs is 1. The molecule has 4 heteroatoms. The van der Waals surface area contributed by atoms with E-state index in [1.54, 1.807) is 31.0 Å². The van der Waals surface area contributed by atoms with Gasteiger partial charge in [-0.15, -0.1) is 0 Å². The molecule has 0 fully saturated rings. The van der Waals surface area contributed by atoms with Crippen LogP contribution in [0, 0.1) is 6.92 Å². The number of carboxylic acid groups (broad SMARTS) is 1. The molecule has 1 aromatic rings. The van der Waals surface area contributed by atoms with E-state index in [2.05, 4.69) is 0 Å². The van der Waals surface area contributed by atoms with Gasteiger partial charge in [-0.05, 0) is 30.2 Å². The maximum absolute atomic E-state index is 11.4. The fraction of sp³-hybridized carbons (Fsp3) is 0.273. The molecule has 0 saturated heterocycles. The molecule has 0 aliphatic carbocycles. The normalized spacial score (nSPS) is 14.3. The fourth-order valence-corrected chi connectivity index (χ4v) is 1.84. The molecule has 0 spiro atoms. The minimum absolute atomic E-state index is 0.00642. The van der Waals surface area contributed by atoms with Crippen LogP contribution >= 0.6 is 0 Å². The third-order valence-corrected chi connectivity index (χ3v) is 2.73. The molecular weight excluding hydrogens is 194 g/mol. The molecule has 1 aliphatic rings. The van der Waals surface area contributed by atoms with Crippen LogP contribution in [0.5, 0.6) is 0 Å². The first-order valence-electron chi connectivity index (χ1n) is 4.64. The Morgan fingerprint density at radius 3 is 2.73 bits per heavy atom. The Morgan fingerprint density at radius 2 is 2.13 bits per heavy atom. The highest BCUT2D eigenvalue weighted by Gasteiger charge is 2.25. The highest BCUT2D eigenvalue weighted by molar-refractivity contribution is 6.02. The van der Waals surface area contributed by atoms with Gasteiger partial charge in [-0.2, -0.15) is 0 Å². The summed E-state index contributed by atoms with van der Waals surface area (Å²) in [6.45, 7) is 1.74. The van der Waals surface area contributed by atoms with Gasteiger partial charge in [0.2, 0.25) is 5.91 Å². The molecule has 1 aromatic carbocycles. The van der Waals surface area contributed by atoms with Crippen molar-refractivity contribution in [3.8, 4) is 0 Å². The number of benzene rings is 1. The van der Waals surface area contributed by atoms with E-state index in [0.717, 1.165) is 11.3 Å². The minimum atomic E-state index is -0.947. The number of anilines is 1. The Bertz CT molecular complexity index is 465. The number of carbonyl (C=O) groups is 2. The first-order valence-corrected chi connectivity index (χ1v) is 4.64. The van der Waals surface area contributed by atoms with Crippen molar-refractivity contribution >= 4 is 17.6 Å². The number of nitrogens with zero attached hydrogens (tertiary/aromatic N) is 1. The van der Waals surface area contributed by atoms with Gasteiger partial charge in [-0.25, -0.2) is 4.79 Å². The van der Waals surface area contributed by atoms with Crippen molar-refractivity contribution in [2.45, 2.75) is 13.3 Å². The summed E-state index contributed by atoms with van der Waals surface area (Å²) in [4.78, 5) is 23.9. The number of hydrogen-bond acceptors (Lipinski definition) is 2. The highest BCUT2D eigenvalue weighted by atomic mass is 16.4. The first kappa shape index (κ1) is 9.71. The first-order chi connectivity index (χ1) is 7.00. The summed E-state index contributed by atoms with van der Waals surface area (Å²) in [6, 6.07) is 3.35. The molecule has 1 N–H and O–H groups in total. The summed E-state index contributed by atoms with van der Waals surface area (Å²) < 4.78 is 0. The topological polar surface area (TPSA) is 57.6 Å². The number of aromatic carboxylic acids is 1. The molecule has 0 radical (unpaired) electrons. The number of carbonyl (C=O) groups excluding carboxylic acids is 1. The Balaban J connectivity index is 2.59. The molecule has 0 aromatic heterocycles. The van der Waals surface area contributed by atoms with Crippen LogP contribution in [-0.4, -0.2) is 24.0 Å². The molecule has 78 valence electrons. The summed E-state index contributed by atoms with van der Waals surface area (Å²) >= 11 is 0. The van der Waals surface area contributed by atoms with Crippen LogP contribution in [0.3, 0.4) is 0 Å². The zero-order valence-electron chi connectivity index (χ0n) is 8.57. The Hall–Kier alpha value is -1.84. The van der Waals surface area contributed by atoms with Crippen molar-refractivity contribution in [3.63, 3.8) is 0 Å². The lowest BCUT2D eigenvalue weighted by molar-refractivity contribution is -0.117. The third-order valence-electron chi connectivity index (χ3n) is 2.73. The second kappa shape index (κ2) is 3.08. The predicted octanol–water partition coefficient (Wildman–Crippen LogP) is 1.21. The van der Waals surface area contributed by atoms with Gasteiger partial charge in [0, 0.05) is 12.7 Å². The van der Waals surface area contributed by atoms with E-state index in [4.69, 9.17) is 5.11 Å². The van der Waals surface area contributed by atoms with Crippen LogP contribution in [0.25, 0.3) is 0 Å². The summed E-state index contributed by atoms with van der Waals surface area (Å²) in [7, 11) is 1.70. The standard InChI is InChI=1S/C11H11NO3/c1-6-3-9-7(4-8(6)11(14)15)5-10(13)12(9)2/h3-4H,5H2,1-2H3,(H,14,15). The molecule has 0 unspecified atom stereocenters. The lowest BCUT2D eigenvalue weighted by atomic mass is 10.0. The maximum Gasteiger partial charge on any atom is 0.335 e. The smallest absolute Gasteiger partial charge is 0.335 e. The van der Waals surface area contributed by atoms with E-state index in [1.165, 1.54) is 0 Å². The van der Waals surface area contributed by atoms with Crippen molar-refractivity contribution < 1.29 is 14.7 Å². The van der Waals surface area contributed by atoms with Crippen LogP contribution in [0.1, 0.15) is 21.5 Å². The molecule has 4 nitrogen and oxygen atoms in total. The Morgan fingerprint density at radius 1 is 1.47 bits per heavy atom. The van der Waals surface area contributed by atoms with Crippen LogP contribution in [0.2, 0.25) is 0 Å². The molecule has 15 heavy (non-hydrogen) atoms. The maximum atomic E-state index is 11.4. The molecule has 0 bridgehead atoms. The zero-order chi connectivity index (χ0) is 11.2. The Labute approximate surface area is 87.1 Å². The predicted molar refractivity (Wildman–Crippen MR) is 55.3 cm³/mol. The Kier molecular flexibility index (Phi) is 2.00. The number of amides is 1. The number of rotatable bonds is 1. The zero-order valence-corrected chi connectivity index (χ0v) is 8.57. The van der Waals surface area contributed by atoms with Gasteiger partial charge in [-0.1, -0.05) is 0 Å². The van der Waals surface area contributed by atoms with E-state index in [1.807, 2.05) is 0 Å². The molecule has 1 amide bonds. The molecule has 1 heterocycles. The van der Waals surface area contributed by atoms with Gasteiger partial charge in [0.05, 0.1) is 12.0 Å². The lowest BCUT2D eigenvalue weighted by Crippen LogP contribution is -2.20. The monoisotopic (exact) mass is 205 g/mol. The van der Waals surface area contributed by atoms with Crippen LogP contribution in [0.4, 0.5) is 5.69 Å². The van der Waals surface area contributed by atoms with Gasteiger partial charge in [0.25, 0.3) is 0 Å². The number of aryl methyl sites for hydroxylation is 1. The van der Waals surface area contributed by atoms with Crippen LogP contribution in [0.15, 0.2) is 12.1 Å². The molecule has 1 aliphatic heterocycles. The van der Waals surface area contributed by atoms with E-state index < -0.39 is 5.97 Å². The molecule has 0 atom stereocenters. The summed E-state index contributed by atoms with van der Waals surface area (Å²) in [5, 5.41) is 8.93. The SMILES string of the molecule is Cc1cc2c(cc1C(=O)O)CC(=O)N2C. The number of hydrogen-bond donors (Lipinski definition) is 1. The third kappa shape index (κ3) is 1.38. The second-order valence-corrected chi connectivity index (χ2v) is 3.73. The summed E-state index contributed by atoms with van der Waals surface area (Å²) in [6.07, 6.45) is 0.298. The average molecular weight is 205 g/mol. The largest absolute Gasteiger partial charge is 0.478 e. The molecule has 2 rings (SSSR count). The fourth-order valence-electron chi connectivity index (χ4n) is 1.84. The van der Waals surface area contributed by atoms with Gasteiger partial charge in [0.15, 0.2) is 0 Å².